The maximum atomic E-state index is 11.0. The first-order valence-corrected chi connectivity index (χ1v) is 3.56. The monoisotopic (exact) mass is 154 g/mol. The Bertz CT molecular complexity index is 196. The van der Waals surface area contributed by atoms with Gasteiger partial charge in [0.1, 0.15) is 6.29 Å². The van der Waals surface area contributed by atoms with Crippen LogP contribution in [0.4, 0.5) is 0 Å². The third-order valence-corrected chi connectivity index (χ3v) is 1.95. The molecular formula is C8H10O3. The molecular weight excluding hydrogens is 144 g/mol. The predicted molar refractivity (Wildman–Crippen MR) is 38.9 cm³/mol. The average Bonchev–Trinajstić information content (AvgIpc) is 2.34. The molecule has 0 spiro atoms. The summed E-state index contributed by atoms with van der Waals surface area (Å²) in [5.41, 5.74) is 0. The molecule has 0 fully saturated rings. The van der Waals surface area contributed by atoms with E-state index in [9.17, 15) is 9.59 Å². The van der Waals surface area contributed by atoms with E-state index in [0.29, 0.717) is 0 Å². The molecule has 0 aromatic rings. The Hall–Kier alpha value is -0.960. The SMILES string of the molecule is O=CCC1C(=O)C=CC1CO. The molecule has 1 rings (SSSR count). The van der Waals surface area contributed by atoms with Gasteiger partial charge in [0.25, 0.3) is 0 Å². The topological polar surface area (TPSA) is 54.4 Å². The molecule has 2 atom stereocenters. The van der Waals surface area contributed by atoms with E-state index in [4.69, 9.17) is 5.11 Å². The molecule has 1 N–H and O–H groups in total. The number of aliphatic hydroxyl groups is 1. The normalized spacial score (nSPS) is 29.4. The van der Waals surface area contributed by atoms with Crippen molar-refractivity contribution in [3.05, 3.63) is 12.2 Å². The molecule has 0 radical (unpaired) electrons. The van der Waals surface area contributed by atoms with E-state index < -0.39 is 0 Å². The van der Waals surface area contributed by atoms with Crippen molar-refractivity contribution in [3.8, 4) is 0 Å². The standard InChI is InChI=1S/C8H10O3/c9-4-3-7-6(5-10)1-2-8(7)11/h1-2,4,6-7,10H,3,5H2. The Balaban J connectivity index is 2.61. The van der Waals surface area contributed by atoms with Crippen molar-refractivity contribution in [1.29, 1.82) is 0 Å². The Labute approximate surface area is 64.7 Å². The van der Waals surface area contributed by atoms with Crippen LogP contribution in [-0.2, 0) is 9.59 Å². The van der Waals surface area contributed by atoms with Crippen molar-refractivity contribution in [1.82, 2.24) is 0 Å². The quantitative estimate of drug-likeness (QED) is 0.579. The molecule has 0 saturated carbocycles. The van der Waals surface area contributed by atoms with Crippen molar-refractivity contribution in [2.45, 2.75) is 6.42 Å². The first kappa shape index (κ1) is 8.14. The minimum absolute atomic E-state index is 0.0452. The van der Waals surface area contributed by atoms with Crippen LogP contribution in [0.5, 0.6) is 0 Å². The van der Waals surface area contributed by atoms with Gasteiger partial charge in [-0.2, -0.15) is 0 Å². The lowest BCUT2D eigenvalue weighted by molar-refractivity contribution is -0.121. The molecule has 0 bridgehead atoms. The van der Waals surface area contributed by atoms with Crippen LogP contribution < -0.4 is 0 Å². The van der Waals surface area contributed by atoms with Gasteiger partial charge in [0.2, 0.25) is 0 Å². The number of aliphatic hydroxyl groups excluding tert-OH is 1. The van der Waals surface area contributed by atoms with Crippen LogP contribution in [0.25, 0.3) is 0 Å². The van der Waals surface area contributed by atoms with Crippen LogP contribution in [0.2, 0.25) is 0 Å². The lowest BCUT2D eigenvalue weighted by Gasteiger charge is -2.11. The van der Waals surface area contributed by atoms with Crippen molar-refractivity contribution >= 4 is 12.1 Å². The van der Waals surface area contributed by atoms with Gasteiger partial charge >= 0.3 is 0 Å². The third kappa shape index (κ3) is 1.54. The van der Waals surface area contributed by atoms with Gasteiger partial charge < -0.3 is 9.90 Å². The molecule has 0 saturated heterocycles. The fraction of sp³-hybridized carbons (Fsp3) is 0.500. The van der Waals surface area contributed by atoms with Crippen molar-refractivity contribution < 1.29 is 14.7 Å². The molecule has 2 unspecified atom stereocenters. The van der Waals surface area contributed by atoms with E-state index in [2.05, 4.69) is 0 Å². The molecule has 3 nitrogen and oxygen atoms in total. The van der Waals surface area contributed by atoms with Gasteiger partial charge in [-0.15, -0.1) is 0 Å². The Morgan fingerprint density at radius 1 is 1.64 bits per heavy atom. The van der Waals surface area contributed by atoms with E-state index in [-0.39, 0.29) is 30.6 Å². The number of ketones is 1. The van der Waals surface area contributed by atoms with Crippen molar-refractivity contribution in [2.24, 2.45) is 11.8 Å². The molecule has 1 aliphatic carbocycles. The fourth-order valence-electron chi connectivity index (χ4n) is 1.27. The predicted octanol–water partition coefficient (Wildman–Crippen LogP) is -0.0610. The van der Waals surface area contributed by atoms with E-state index in [1.165, 1.54) is 6.08 Å². The molecule has 0 aromatic carbocycles. The molecule has 0 aliphatic heterocycles. The van der Waals surface area contributed by atoms with Crippen LogP contribution >= 0.6 is 0 Å². The van der Waals surface area contributed by atoms with Crippen LogP contribution in [0.15, 0.2) is 12.2 Å². The van der Waals surface area contributed by atoms with E-state index in [0.717, 1.165) is 6.29 Å². The first-order valence-electron chi connectivity index (χ1n) is 3.56. The summed E-state index contributed by atoms with van der Waals surface area (Å²) in [6, 6.07) is 0. The number of rotatable bonds is 3. The van der Waals surface area contributed by atoms with Crippen molar-refractivity contribution in [3.63, 3.8) is 0 Å². The highest BCUT2D eigenvalue weighted by Crippen LogP contribution is 2.23. The molecule has 0 amide bonds. The highest BCUT2D eigenvalue weighted by atomic mass is 16.3. The zero-order valence-corrected chi connectivity index (χ0v) is 6.06. The van der Waals surface area contributed by atoms with Crippen LogP contribution in [-0.4, -0.2) is 23.8 Å². The van der Waals surface area contributed by atoms with Gasteiger partial charge in [-0.3, -0.25) is 4.79 Å². The molecule has 1 aliphatic rings. The van der Waals surface area contributed by atoms with E-state index in [1.807, 2.05) is 0 Å². The number of allylic oxidation sites excluding steroid dienone is 1. The van der Waals surface area contributed by atoms with E-state index in [1.54, 1.807) is 6.08 Å². The molecule has 0 heterocycles. The Morgan fingerprint density at radius 2 is 2.36 bits per heavy atom. The van der Waals surface area contributed by atoms with Gasteiger partial charge in [-0.25, -0.2) is 0 Å². The van der Waals surface area contributed by atoms with Gasteiger partial charge in [0, 0.05) is 18.3 Å². The summed E-state index contributed by atoms with van der Waals surface area (Å²) >= 11 is 0. The molecule has 0 aromatic heterocycles. The minimum atomic E-state index is -0.308. The maximum Gasteiger partial charge on any atom is 0.159 e. The highest BCUT2D eigenvalue weighted by molar-refractivity contribution is 5.95. The van der Waals surface area contributed by atoms with Gasteiger partial charge in [0.05, 0.1) is 6.61 Å². The van der Waals surface area contributed by atoms with E-state index >= 15 is 0 Å². The minimum Gasteiger partial charge on any atom is -0.396 e. The number of carbonyl (C=O) groups is 2. The summed E-state index contributed by atoms with van der Waals surface area (Å²) in [6.45, 7) is -0.0548. The number of hydrogen-bond donors (Lipinski definition) is 1. The van der Waals surface area contributed by atoms with Gasteiger partial charge in [-0.1, -0.05) is 6.08 Å². The van der Waals surface area contributed by atoms with Gasteiger partial charge in [0.15, 0.2) is 5.78 Å². The first-order chi connectivity index (χ1) is 5.29. The maximum absolute atomic E-state index is 11.0. The summed E-state index contributed by atoms with van der Waals surface area (Å²) in [5.74, 6) is -0.499. The Morgan fingerprint density at radius 3 is 2.91 bits per heavy atom. The third-order valence-electron chi connectivity index (χ3n) is 1.95. The number of carbonyl (C=O) groups excluding carboxylic acids is 2. The lowest BCUT2D eigenvalue weighted by atomic mass is 9.93. The largest absolute Gasteiger partial charge is 0.396 e. The van der Waals surface area contributed by atoms with Crippen LogP contribution in [0.1, 0.15) is 6.42 Å². The highest BCUT2D eigenvalue weighted by Gasteiger charge is 2.28. The lowest BCUT2D eigenvalue weighted by Crippen LogP contribution is -2.18. The van der Waals surface area contributed by atoms with Crippen LogP contribution in [0, 0.1) is 11.8 Å². The van der Waals surface area contributed by atoms with Crippen molar-refractivity contribution in [2.75, 3.05) is 6.61 Å². The summed E-state index contributed by atoms with van der Waals surface area (Å²) < 4.78 is 0. The summed E-state index contributed by atoms with van der Waals surface area (Å²) in [6.07, 6.45) is 4.04. The summed E-state index contributed by atoms with van der Waals surface area (Å²) in [4.78, 5) is 21.1. The molecule has 60 valence electrons. The number of hydrogen-bond acceptors (Lipinski definition) is 3. The zero-order valence-electron chi connectivity index (χ0n) is 6.06. The fourth-order valence-corrected chi connectivity index (χ4v) is 1.27. The smallest absolute Gasteiger partial charge is 0.159 e. The van der Waals surface area contributed by atoms with Gasteiger partial charge in [-0.05, 0) is 6.08 Å². The Kier molecular flexibility index (Phi) is 2.54. The second-order valence-corrected chi connectivity index (χ2v) is 2.62. The molecule has 3 heteroatoms. The zero-order chi connectivity index (χ0) is 8.27. The van der Waals surface area contributed by atoms with Crippen LogP contribution in [0.3, 0.4) is 0 Å². The molecule has 11 heavy (non-hydrogen) atoms. The second-order valence-electron chi connectivity index (χ2n) is 2.62. The number of aldehydes is 1. The summed E-state index contributed by atoms with van der Waals surface area (Å²) in [5, 5.41) is 8.76. The summed E-state index contributed by atoms with van der Waals surface area (Å²) in [7, 11) is 0. The second kappa shape index (κ2) is 3.44. The average molecular weight is 154 g/mol.